The van der Waals surface area contributed by atoms with E-state index in [2.05, 4.69) is 28.9 Å². The lowest BCUT2D eigenvalue weighted by molar-refractivity contribution is 0.209. The fourth-order valence-electron chi connectivity index (χ4n) is 2.01. The second kappa shape index (κ2) is 4.46. The molecule has 76 valence electrons. The van der Waals surface area contributed by atoms with Crippen molar-refractivity contribution in [3.8, 4) is 0 Å². The third-order valence-corrected chi connectivity index (χ3v) is 2.72. The predicted octanol–water partition coefficient (Wildman–Crippen LogP) is 0.493. The van der Waals surface area contributed by atoms with E-state index in [1.165, 1.54) is 7.11 Å². The van der Waals surface area contributed by atoms with Gasteiger partial charge in [0.15, 0.2) is 0 Å². The van der Waals surface area contributed by atoms with E-state index in [4.69, 9.17) is 5.73 Å². The van der Waals surface area contributed by atoms with Crippen molar-refractivity contribution in [3.63, 3.8) is 0 Å². The highest BCUT2D eigenvalue weighted by Gasteiger charge is 2.32. The maximum absolute atomic E-state index is 5.82. The summed E-state index contributed by atoms with van der Waals surface area (Å²) < 4.78 is 0. The topological polar surface area (TPSA) is 50.8 Å². The first-order chi connectivity index (χ1) is 6.19. The molecule has 2 atom stereocenters. The van der Waals surface area contributed by atoms with Crippen molar-refractivity contribution in [1.82, 2.24) is 4.90 Å². The Kier molecular flexibility index (Phi) is 3.54. The number of nitrogens with two attached hydrogens (primary N) is 1. The lowest BCUT2D eigenvalue weighted by atomic mass is 9.93. The molecule has 4 nitrogen and oxygen atoms in total. The third-order valence-electron chi connectivity index (χ3n) is 2.72. The molecule has 0 aliphatic carbocycles. The van der Waals surface area contributed by atoms with E-state index in [9.17, 15) is 0 Å². The zero-order valence-corrected chi connectivity index (χ0v) is 8.66. The molecule has 4 heteroatoms. The number of nitrogens with zero attached hydrogens (tertiary/aromatic N) is 2. The van der Waals surface area contributed by atoms with Gasteiger partial charge >= 0.3 is 0 Å². The maximum atomic E-state index is 5.82. The minimum absolute atomic E-state index is 0.370. The summed E-state index contributed by atoms with van der Waals surface area (Å²) in [4.78, 5) is 6.98. The zero-order chi connectivity index (χ0) is 9.84. The number of rotatable bonds is 3. The van der Waals surface area contributed by atoms with Gasteiger partial charge in [-0.2, -0.15) is 0 Å². The van der Waals surface area contributed by atoms with Crippen LogP contribution in [0.4, 0.5) is 0 Å². The summed E-state index contributed by atoms with van der Waals surface area (Å²) >= 11 is 0. The Labute approximate surface area is 79.7 Å². The van der Waals surface area contributed by atoms with Crippen molar-refractivity contribution in [3.05, 3.63) is 0 Å². The van der Waals surface area contributed by atoms with Gasteiger partial charge in [-0.25, -0.2) is 0 Å². The van der Waals surface area contributed by atoms with E-state index in [1.54, 1.807) is 0 Å². The first-order valence-corrected chi connectivity index (χ1v) is 4.74. The largest absolute Gasteiger partial charge is 0.398 e. The Morgan fingerprint density at radius 3 is 2.85 bits per heavy atom. The number of hydrogen-bond acceptors (Lipinski definition) is 3. The first-order valence-electron chi connectivity index (χ1n) is 4.74. The van der Waals surface area contributed by atoms with E-state index < -0.39 is 0 Å². The predicted molar refractivity (Wildman–Crippen MR) is 53.4 cm³/mol. The molecule has 0 radical (unpaired) electrons. The quantitative estimate of drug-likeness (QED) is 0.395. The normalized spacial score (nSPS) is 30.8. The lowest BCUT2D eigenvalue weighted by Crippen LogP contribution is -2.30. The summed E-state index contributed by atoms with van der Waals surface area (Å²) in [5, 5.41) is 3.81. The van der Waals surface area contributed by atoms with Crippen molar-refractivity contribution >= 4 is 5.84 Å². The molecule has 0 spiro atoms. The summed E-state index contributed by atoms with van der Waals surface area (Å²) in [6, 6.07) is 0. The van der Waals surface area contributed by atoms with Crippen LogP contribution in [-0.2, 0) is 4.84 Å². The van der Waals surface area contributed by atoms with Crippen LogP contribution in [0.5, 0.6) is 0 Å². The van der Waals surface area contributed by atoms with Crippen LogP contribution < -0.4 is 5.73 Å². The summed E-state index contributed by atoms with van der Waals surface area (Å²) in [5.74, 6) is 1.64. The number of hydrogen-bond donors (Lipinski definition) is 1. The van der Waals surface area contributed by atoms with Crippen molar-refractivity contribution in [1.29, 1.82) is 0 Å². The Morgan fingerprint density at radius 2 is 2.31 bits per heavy atom. The van der Waals surface area contributed by atoms with Crippen molar-refractivity contribution in [2.45, 2.75) is 13.3 Å². The van der Waals surface area contributed by atoms with E-state index >= 15 is 0 Å². The highest BCUT2D eigenvalue weighted by Crippen LogP contribution is 2.24. The zero-order valence-electron chi connectivity index (χ0n) is 8.66. The molecule has 1 heterocycles. The van der Waals surface area contributed by atoms with Crippen molar-refractivity contribution in [2.24, 2.45) is 22.7 Å². The van der Waals surface area contributed by atoms with Crippen molar-refractivity contribution in [2.75, 3.05) is 27.2 Å². The molecule has 1 saturated heterocycles. The van der Waals surface area contributed by atoms with E-state index in [-0.39, 0.29) is 0 Å². The summed E-state index contributed by atoms with van der Waals surface area (Å²) in [6.07, 6.45) is 1.15. The highest BCUT2D eigenvalue weighted by atomic mass is 16.6. The van der Waals surface area contributed by atoms with Crippen LogP contribution in [0.1, 0.15) is 13.3 Å². The minimum atomic E-state index is 0.370. The number of likely N-dealkylation sites (tertiary alicyclic amines) is 1. The smallest absolute Gasteiger partial charge is 0.144 e. The molecule has 2 unspecified atom stereocenters. The van der Waals surface area contributed by atoms with E-state index in [0.29, 0.717) is 17.7 Å². The third kappa shape index (κ3) is 2.34. The fourth-order valence-corrected chi connectivity index (χ4v) is 2.01. The molecule has 1 rings (SSSR count). The average molecular weight is 185 g/mol. The van der Waals surface area contributed by atoms with Gasteiger partial charge in [0.05, 0.1) is 0 Å². The highest BCUT2D eigenvalue weighted by molar-refractivity contribution is 5.83. The summed E-state index contributed by atoms with van der Waals surface area (Å²) in [6.45, 7) is 4.30. The Balaban J connectivity index is 2.62. The molecule has 0 amide bonds. The number of amidine groups is 1. The second-order valence-corrected chi connectivity index (χ2v) is 3.69. The standard InChI is InChI=1S/C9H19N3O/c1-4-7-5-12(2)6-8(7)9(10)11-13-3/h7-8H,4-6H2,1-3H3,(H2,10,11). The molecule has 1 fully saturated rings. The molecular formula is C9H19N3O. The van der Waals surface area contributed by atoms with Gasteiger partial charge in [0.1, 0.15) is 12.9 Å². The molecule has 0 saturated carbocycles. The van der Waals surface area contributed by atoms with Gasteiger partial charge in [-0.1, -0.05) is 18.5 Å². The first kappa shape index (κ1) is 10.3. The van der Waals surface area contributed by atoms with Crippen LogP contribution >= 0.6 is 0 Å². The maximum Gasteiger partial charge on any atom is 0.144 e. The van der Waals surface area contributed by atoms with Crippen LogP contribution in [0.15, 0.2) is 5.16 Å². The van der Waals surface area contributed by atoms with Crippen LogP contribution in [0.25, 0.3) is 0 Å². The van der Waals surface area contributed by atoms with E-state index in [0.717, 1.165) is 19.5 Å². The lowest BCUT2D eigenvalue weighted by Gasteiger charge is -2.14. The van der Waals surface area contributed by atoms with Crippen LogP contribution in [0.2, 0.25) is 0 Å². The van der Waals surface area contributed by atoms with Crippen molar-refractivity contribution < 1.29 is 4.84 Å². The monoisotopic (exact) mass is 185 g/mol. The van der Waals surface area contributed by atoms with Gasteiger partial charge in [0, 0.05) is 19.0 Å². The molecule has 1 aliphatic rings. The van der Waals surface area contributed by atoms with E-state index in [1.807, 2.05) is 0 Å². The summed E-state index contributed by atoms with van der Waals surface area (Å²) in [5.41, 5.74) is 5.82. The second-order valence-electron chi connectivity index (χ2n) is 3.69. The van der Waals surface area contributed by atoms with Gasteiger partial charge in [-0.15, -0.1) is 0 Å². The minimum Gasteiger partial charge on any atom is -0.398 e. The van der Waals surface area contributed by atoms with Crippen LogP contribution in [-0.4, -0.2) is 38.0 Å². The Hall–Kier alpha value is -0.770. The Bertz CT molecular complexity index is 193. The van der Waals surface area contributed by atoms with Gasteiger partial charge in [0.25, 0.3) is 0 Å². The van der Waals surface area contributed by atoms with Gasteiger partial charge in [-0.3, -0.25) is 0 Å². The summed E-state index contributed by atoms with van der Waals surface area (Å²) in [7, 11) is 3.65. The average Bonchev–Trinajstić information content (AvgIpc) is 2.47. The molecule has 0 aromatic rings. The molecule has 2 N–H and O–H groups in total. The molecule has 0 bridgehead atoms. The van der Waals surface area contributed by atoms with Gasteiger partial charge in [0.2, 0.25) is 0 Å². The molecule has 13 heavy (non-hydrogen) atoms. The number of oxime groups is 1. The van der Waals surface area contributed by atoms with Crippen LogP contribution in [0, 0.1) is 11.8 Å². The molecule has 0 aromatic carbocycles. The van der Waals surface area contributed by atoms with Gasteiger partial charge < -0.3 is 15.5 Å². The fraction of sp³-hybridized carbons (Fsp3) is 0.889. The van der Waals surface area contributed by atoms with Crippen LogP contribution in [0.3, 0.4) is 0 Å². The molecule has 0 aromatic heterocycles. The van der Waals surface area contributed by atoms with Gasteiger partial charge in [-0.05, 0) is 13.0 Å². The Morgan fingerprint density at radius 1 is 1.62 bits per heavy atom. The molecule has 1 aliphatic heterocycles. The SMILES string of the molecule is CCC1CN(C)CC1/C(N)=N/OC. The molecular weight excluding hydrogens is 166 g/mol.